The van der Waals surface area contributed by atoms with Gasteiger partial charge in [-0.2, -0.15) is 0 Å². The van der Waals surface area contributed by atoms with Gasteiger partial charge in [-0.05, 0) is 29.8 Å². The van der Waals surface area contributed by atoms with Crippen LogP contribution in [0, 0.1) is 0 Å². The standard InChI is InChI=1S/C17H11Cl2NO3/c1-23-13-4-2-3-12(9-13)20-16(21)14(15(19)17(20)22)10-5-7-11(18)8-6-10/h2-9H,1H3. The highest BCUT2D eigenvalue weighted by Crippen LogP contribution is 2.36. The number of ether oxygens (including phenoxy) is 1. The maximum atomic E-state index is 12.7. The quantitative estimate of drug-likeness (QED) is 0.791. The molecule has 0 atom stereocenters. The van der Waals surface area contributed by atoms with E-state index < -0.39 is 11.8 Å². The Labute approximate surface area is 142 Å². The topological polar surface area (TPSA) is 46.6 Å². The van der Waals surface area contributed by atoms with Crippen molar-refractivity contribution in [3.8, 4) is 5.75 Å². The van der Waals surface area contributed by atoms with Crippen LogP contribution in [0.25, 0.3) is 5.57 Å². The summed E-state index contributed by atoms with van der Waals surface area (Å²) in [6, 6.07) is 13.3. The van der Waals surface area contributed by atoms with Gasteiger partial charge in [0.2, 0.25) is 0 Å². The zero-order chi connectivity index (χ0) is 16.6. The number of halogens is 2. The van der Waals surface area contributed by atoms with Crippen molar-refractivity contribution in [2.75, 3.05) is 12.0 Å². The fraction of sp³-hybridized carbons (Fsp3) is 0.0588. The van der Waals surface area contributed by atoms with Crippen LogP contribution in [0.3, 0.4) is 0 Å². The number of imide groups is 1. The SMILES string of the molecule is COc1cccc(N2C(=O)C(Cl)=C(c3ccc(Cl)cc3)C2=O)c1. The molecule has 116 valence electrons. The highest BCUT2D eigenvalue weighted by Gasteiger charge is 2.39. The van der Waals surface area contributed by atoms with Gasteiger partial charge in [0, 0.05) is 11.1 Å². The third-order valence-electron chi connectivity index (χ3n) is 3.47. The number of amides is 2. The monoisotopic (exact) mass is 347 g/mol. The number of rotatable bonds is 3. The van der Waals surface area contributed by atoms with Crippen LogP contribution in [0.15, 0.2) is 53.6 Å². The average Bonchev–Trinajstić information content (AvgIpc) is 2.78. The van der Waals surface area contributed by atoms with Gasteiger partial charge < -0.3 is 4.74 Å². The first-order valence-electron chi connectivity index (χ1n) is 6.71. The molecule has 0 saturated carbocycles. The van der Waals surface area contributed by atoms with Gasteiger partial charge in [-0.1, -0.05) is 41.4 Å². The zero-order valence-electron chi connectivity index (χ0n) is 12.0. The first-order valence-corrected chi connectivity index (χ1v) is 7.47. The number of carbonyl (C=O) groups is 2. The van der Waals surface area contributed by atoms with Crippen molar-refractivity contribution in [3.63, 3.8) is 0 Å². The van der Waals surface area contributed by atoms with Crippen LogP contribution in [-0.4, -0.2) is 18.9 Å². The number of methoxy groups -OCH3 is 1. The normalized spacial score (nSPS) is 14.7. The summed E-state index contributed by atoms with van der Waals surface area (Å²) in [5.41, 5.74) is 1.11. The van der Waals surface area contributed by atoms with Crippen molar-refractivity contribution < 1.29 is 14.3 Å². The van der Waals surface area contributed by atoms with Gasteiger partial charge in [0.05, 0.1) is 18.4 Å². The van der Waals surface area contributed by atoms with Gasteiger partial charge in [-0.15, -0.1) is 0 Å². The molecule has 2 aromatic carbocycles. The predicted octanol–water partition coefficient (Wildman–Crippen LogP) is 3.87. The molecule has 0 bridgehead atoms. The average molecular weight is 348 g/mol. The van der Waals surface area contributed by atoms with Gasteiger partial charge in [0.1, 0.15) is 10.8 Å². The van der Waals surface area contributed by atoms with Crippen LogP contribution in [-0.2, 0) is 9.59 Å². The molecule has 1 aliphatic heterocycles. The number of hydrogen-bond acceptors (Lipinski definition) is 3. The Morgan fingerprint density at radius 3 is 2.30 bits per heavy atom. The van der Waals surface area contributed by atoms with Crippen molar-refractivity contribution in [2.45, 2.75) is 0 Å². The molecule has 23 heavy (non-hydrogen) atoms. The Balaban J connectivity index is 2.03. The van der Waals surface area contributed by atoms with Crippen LogP contribution in [0.5, 0.6) is 5.75 Å². The lowest BCUT2D eigenvalue weighted by Gasteiger charge is -2.15. The highest BCUT2D eigenvalue weighted by molar-refractivity contribution is 6.60. The van der Waals surface area contributed by atoms with Gasteiger partial charge >= 0.3 is 0 Å². The molecule has 0 radical (unpaired) electrons. The van der Waals surface area contributed by atoms with E-state index in [2.05, 4.69) is 0 Å². The lowest BCUT2D eigenvalue weighted by molar-refractivity contribution is -0.119. The highest BCUT2D eigenvalue weighted by atomic mass is 35.5. The molecular weight excluding hydrogens is 337 g/mol. The predicted molar refractivity (Wildman–Crippen MR) is 89.7 cm³/mol. The van der Waals surface area contributed by atoms with Crippen LogP contribution >= 0.6 is 23.2 Å². The molecule has 2 aromatic rings. The molecule has 4 nitrogen and oxygen atoms in total. The second-order valence-electron chi connectivity index (χ2n) is 4.84. The molecule has 3 rings (SSSR count). The maximum Gasteiger partial charge on any atom is 0.277 e. The number of benzene rings is 2. The summed E-state index contributed by atoms with van der Waals surface area (Å²) in [5.74, 6) is -0.496. The van der Waals surface area contributed by atoms with E-state index in [9.17, 15) is 9.59 Å². The van der Waals surface area contributed by atoms with E-state index in [1.165, 1.54) is 7.11 Å². The van der Waals surface area contributed by atoms with Crippen LogP contribution < -0.4 is 9.64 Å². The zero-order valence-corrected chi connectivity index (χ0v) is 13.6. The molecular formula is C17H11Cl2NO3. The Bertz CT molecular complexity index is 828. The van der Waals surface area contributed by atoms with Crippen LogP contribution in [0.2, 0.25) is 5.02 Å². The van der Waals surface area contributed by atoms with Gasteiger partial charge in [-0.25, -0.2) is 4.90 Å². The van der Waals surface area contributed by atoms with E-state index in [0.29, 0.717) is 22.0 Å². The summed E-state index contributed by atoms with van der Waals surface area (Å²) in [7, 11) is 1.51. The summed E-state index contributed by atoms with van der Waals surface area (Å²) < 4.78 is 5.13. The number of carbonyl (C=O) groups excluding carboxylic acids is 2. The fourth-order valence-corrected chi connectivity index (χ4v) is 2.75. The molecule has 0 aliphatic carbocycles. The third kappa shape index (κ3) is 2.71. The van der Waals surface area contributed by atoms with E-state index in [1.807, 2.05) is 0 Å². The van der Waals surface area contributed by atoms with Crippen molar-refractivity contribution in [1.29, 1.82) is 0 Å². The minimum absolute atomic E-state index is 0.111. The van der Waals surface area contributed by atoms with E-state index in [-0.39, 0.29) is 10.6 Å². The number of nitrogens with zero attached hydrogens (tertiary/aromatic N) is 1. The van der Waals surface area contributed by atoms with Crippen LogP contribution in [0.4, 0.5) is 5.69 Å². The molecule has 0 spiro atoms. The third-order valence-corrected chi connectivity index (χ3v) is 4.07. The Kier molecular flexibility index (Phi) is 4.11. The second kappa shape index (κ2) is 6.07. The molecule has 0 saturated heterocycles. The molecule has 1 aliphatic rings. The van der Waals surface area contributed by atoms with E-state index >= 15 is 0 Å². The molecule has 0 unspecified atom stereocenters. The lowest BCUT2D eigenvalue weighted by atomic mass is 10.1. The minimum atomic E-state index is -0.560. The van der Waals surface area contributed by atoms with Crippen molar-refractivity contribution in [2.24, 2.45) is 0 Å². The van der Waals surface area contributed by atoms with E-state index in [4.69, 9.17) is 27.9 Å². The summed E-state index contributed by atoms with van der Waals surface area (Å²) in [4.78, 5) is 26.2. The van der Waals surface area contributed by atoms with Crippen molar-refractivity contribution >= 4 is 46.3 Å². The van der Waals surface area contributed by atoms with Crippen LogP contribution in [0.1, 0.15) is 5.56 Å². The number of hydrogen-bond donors (Lipinski definition) is 0. The van der Waals surface area contributed by atoms with Crippen molar-refractivity contribution in [1.82, 2.24) is 0 Å². The first kappa shape index (κ1) is 15.6. The fourth-order valence-electron chi connectivity index (χ4n) is 2.35. The molecule has 0 fully saturated rings. The maximum absolute atomic E-state index is 12.7. The summed E-state index contributed by atoms with van der Waals surface area (Å²) in [5, 5.41) is 0.423. The van der Waals surface area contributed by atoms with Crippen molar-refractivity contribution in [3.05, 3.63) is 64.1 Å². The summed E-state index contributed by atoms with van der Waals surface area (Å²) in [6.45, 7) is 0. The largest absolute Gasteiger partial charge is 0.497 e. The molecule has 2 amide bonds. The first-order chi connectivity index (χ1) is 11.0. The Hall–Kier alpha value is -2.30. The Morgan fingerprint density at radius 1 is 0.957 bits per heavy atom. The number of anilines is 1. The van der Waals surface area contributed by atoms with Gasteiger partial charge in [0.15, 0.2) is 0 Å². The second-order valence-corrected chi connectivity index (χ2v) is 5.66. The molecule has 6 heteroatoms. The molecule has 0 aromatic heterocycles. The summed E-state index contributed by atoms with van der Waals surface area (Å²) in [6.07, 6.45) is 0. The lowest BCUT2D eigenvalue weighted by Crippen LogP contribution is -2.31. The molecule has 0 N–H and O–H groups in total. The minimum Gasteiger partial charge on any atom is -0.497 e. The summed E-state index contributed by atoms with van der Waals surface area (Å²) >= 11 is 12.0. The molecule has 1 heterocycles. The Morgan fingerprint density at radius 2 is 1.65 bits per heavy atom. The van der Waals surface area contributed by atoms with E-state index in [0.717, 1.165) is 4.90 Å². The van der Waals surface area contributed by atoms with Gasteiger partial charge in [0.25, 0.3) is 11.8 Å². The smallest absolute Gasteiger partial charge is 0.277 e. The van der Waals surface area contributed by atoms with E-state index in [1.54, 1.807) is 48.5 Å². The van der Waals surface area contributed by atoms with Gasteiger partial charge in [-0.3, -0.25) is 9.59 Å².